The Bertz CT molecular complexity index is 367. The maximum Gasteiger partial charge on any atom is 0.173 e. The summed E-state index contributed by atoms with van der Waals surface area (Å²) in [6, 6.07) is 3.12. The lowest BCUT2D eigenvalue weighted by Crippen LogP contribution is -2.43. The van der Waals surface area contributed by atoms with Crippen LogP contribution < -0.4 is 10.5 Å². The minimum absolute atomic E-state index is 0.0864. The van der Waals surface area contributed by atoms with E-state index in [2.05, 4.69) is 0 Å². The summed E-state index contributed by atoms with van der Waals surface area (Å²) in [7, 11) is 1.39. The number of ether oxygens (including phenoxy) is 1. The molecule has 0 unspecified atom stereocenters. The van der Waals surface area contributed by atoms with Crippen LogP contribution in [0.25, 0.3) is 0 Å². The van der Waals surface area contributed by atoms with Gasteiger partial charge in [0.1, 0.15) is 0 Å². The molecule has 0 aliphatic heterocycles. The zero-order valence-electron chi connectivity index (χ0n) is 8.52. The third-order valence-corrected chi connectivity index (χ3v) is 3.30. The van der Waals surface area contributed by atoms with Crippen LogP contribution in [0, 0.1) is 5.82 Å². The van der Waals surface area contributed by atoms with Gasteiger partial charge in [-0.15, -0.1) is 0 Å². The van der Waals surface area contributed by atoms with Crippen molar-refractivity contribution in [2.24, 2.45) is 5.73 Å². The first-order chi connectivity index (χ1) is 7.07. The summed E-state index contributed by atoms with van der Waals surface area (Å²) in [5.74, 6) is -0.361. The van der Waals surface area contributed by atoms with E-state index in [1.54, 1.807) is 6.07 Å². The van der Waals surface area contributed by atoms with E-state index in [4.69, 9.17) is 22.1 Å². The van der Waals surface area contributed by atoms with Crippen LogP contribution in [0.4, 0.5) is 4.39 Å². The van der Waals surface area contributed by atoms with Crippen molar-refractivity contribution in [1.29, 1.82) is 0 Å². The molecular formula is C11H13ClFNO. The minimum Gasteiger partial charge on any atom is -0.492 e. The fraction of sp³-hybridized carbons (Fsp3) is 0.455. The molecule has 2 nitrogen and oxygen atoms in total. The van der Waals surface area contributed by atoms with E-state index in [0.717, 1.165) is 24.8 Å². The average molecular weight is 230 g/mol. The predicted octanol–water partition coefficient (Wildman–Crippen LogP) is 2.83. The van der Waals surface area contributed by atoms with Crippen molar-refractivity contribution in [2.75, 3.05) is 7.11 Å². The maximum absolute atomic E-state index is 13.5. The molecule has 1 fully saturated rings. The van der Waals surface area contributed by atoms with Crippen LogP contribution in [0.5, 0.6) is 5.75 Å². The third-order valence-electron chi connectivity index (χ3n) is 3.02. The lowest BCUT2D eigenvalue weighted by molar-refractivity contribution is 0.252. The SMILES string of the molecule is COc1c(F)cc(C2(N)CCC2)cc1Cl. The highest BCUT2D eigenvalue weighted by molar-refractivity contribution is 6.32. The van der Waals surface area contributed by atoms with Crippen molar-refractivity contribution >= 4 is 11.6 Å². The maximum atomic E-state index is 13.5. The zero-order chi connectivity index (χ0) is 11.1. The first kappa shape index (κ1) is 10.7. The van der Waals surface area contributed by atoms with Crippen LogP contribution >= 0.6 is 11.6 Å². The standard InChI is InChI=1S/C11H13ClFNO/c1-15-10-8(12)5-7(6-9(10)13)11(14)3-2-4-11/h5-6H,2-4,14H2,1H3. The summed E-state index contributed by atoms with van der Waals surface area (Å²) in [6.45, 7) is 0. The molecule has 0 radical (unpaired) electrons. The normalized spacial score (nSPS) is 18.4. The van der Waals surface area contributed by atoms with E-state index in [1.807, 2.05) is 0 Å². The van der Waals surface area contributed by atoms with Gasteiger partial charge in [-0.1, -0.05) is 11.6 Å². The second-order valence-corrected chi connectivity index (χ2v) is 4.39. The molecule has 1 saturated carbocycles. The van der Waals surface area contributed by atoms with Crippen LogP contribution in [0.1, 0.15) is 24.8 Å². The van der Waals surface area contributed by atoms with Crippen molar-refractivity contribution in [2.45, 2.75) is 24.8 Å². The van der Waals surface area contributed by atoms with Gasteiger partial charge in [0.2, 0.25) is 0 Å². The Morgan fingerprint density at radius 2 is 2.13 bits per heavy atom. The summed E-state index contributed by atoms with van der Waals surface area (Å²) >= 11 is 5.90. The highest BCUT2D eigenvalue weighted by atomic mass is 35.5. The minimum atomic E-state index is -0.447. The molecule has 0 heterocycles. The Hall–Kier alpha value is -0.800. The topological polar surface area (TPSA) is 35.2 Å². The molecule has 1 aromatic carbocycles. The largest absolute Gasteiger partial charge is 0.492 e. The van der Waals surface area contributed by atoms with Crippen LogP contribution in [-0.2, 0) is 5.54 Å². The second-order valence-electron chi connectivity index (χ2n) is 3.98. The van der Waals surface area contributed by atoms with E-state index < -0.39 is 11.4 Å². The fourth-order valence-electron chi connectivity index (χ4n) is 1.89. The van der Waals surface area contributed by atoms with Gasteiger partial charge in [0.05, 0.1) is 12.1 Å². The third kappa shape index (κ3) is 1.70. The molecule has 0 aromatic heterocycles. The van der Waals surface area contributed by atoms with Gasteiger partial charge in [-0.2, -0.15) is 0 Å². The molecule has 2 rings (SSSR count). The lowest BCUT2D eigenvalue weighted by atomic mass is 9.73. The summed E-state index contributed by atoms with van der Waals surface area (Å²) in [5, 5.41) is 0.282. The van der Waals surface area contributed by atoms with Gasteiger partial charge in [0, 0.05) is 5.54 Å². The molecule has 82 valence electrons. The molecule has 4 heteroatoms. The molecule has 1 aromatic rings. The van der Waals surface area contributed by atoms with Gasteiger partial charge in [-0.3, -0.25) is 0 Å². The molecule has 0 bridgehead atoms. The number of methoxy groups -OCH3 is 1. The van der Waals surface area contributed by atoms with Crippen molar-refractivity contribution in [1.82, 2.24) is 0 Å². The smallest absolute Gasteiger partial charge is 0.173 e. The van der Waals surface area contributed by atoms with Crippen molar-refractivity contribution < 1.29 is 9.13 Å². The highest BCUT2D eigenvalue weighted by Gasteiger charge is 2.35. The Balaban J connectivity index is 2.43. The number of nitrogens with two attached hydrogens (primary N) is 1. The van der Waals surface area contributed by atoms with Gasteiger partial charge in [-0.05, 0) is 37.0 Å². The Morgan fingerprint density at radius 3 is 2.53 bits per heavy atom. The molecule has 1 aliphatic rings. The molecular weight excluding hydrogens is 217 g/mol. The van der Waals surface area contributed by atoms with Crippen LogP contribution in [0.15, 0.2) is 12.1 Å². The second kappa shape index (κ2) is 3.65. The Morgan fingerprint density at radius 1 is 1.47 bits per heavy atom. The zero-order valence-corrected chi connectivity index (χ0v) is 9.27. The molecule has 0 amide bonds. The Kier molecular flexibility index (Phi) is 2.61. The summed E-state index contributed by atoms with van der Waals surface area (Å²) < 4.78 is 18.4. The number of halogens is 2. The fourth-order valence-corrected chi connectivity index (χ4v) is 2.17. The van der Waals surface area contributed by atoms with Crippen molar-refractivity contribution in [3.05, 3.63) is 28.5 Å². The van der Waals surface area contributed by atoms with Gasteiger partial charge in [-0.25, -0.2) is 4.39 Å². The van der Waals surface area contributed by atoms with Gasteiger partial charge in [0.25, 0.3) is 0 Å². The first-order valence-corrected chi connectivity index (χ1v) is 5.27. The molecule has 15 heavy (non-hydrogen) atoms. The van der Waals surface area contributed by atoms with Crippen molar-refractivity contribution in [3.63, 3.8) is 0 Å². The van der Waals surface area contributed by atoms with Gasteiger partial charge >= 0.3 is 0 Å². The highest BCUT2D eigenvalue weighted by Crippen LogP contribution is 2.41. The number of hydrogen-bond acceptors (Lipinski definition) is 2. The number of rotatable bonds is 2. The van der Waals surface area contributed by atoms with E-state index in [1.165, 1.54) is 13.2 Å². The molecule has 0 spiro atoms. The van der Waals surface area contributed by atoms with Gasteiger partial charge < -0.3 is 10.5 Å². The summed E-state index contributed by atoms with van der Waals surface area (Å²) in [6.07, 6.45) is 2.85. The van der Waals surface area contributed by atoms with E-state index in [0.29, 0.717) is 0 Å². The lowest BCUT2D eigenvalue weighted by Gasteiger charge is -2.38. The van der Waals surface area contributed by atoms with Gasteiger partial charge in [0.15, 0.2) is 11.6 Å². The molecule has 0 atom stereocenters. The van der Waals surface area contributed by atoms with E-state index in [-0.39, 0.29) is 10.8 Å². The van der Waals surface area contributed by atoms with E-state index >= 15 is 0 Å². The van der Waals surface area contributed by atoms with Crippen LogP contribution in [0.2, 0.25) is 5.02 Å². The number of benzene rings is 1. The van der Waals surface area contributed by atoms with E-state index in [9.17, 15) is 4.39 Å². The first-order valence-electron chi connectivity index (χ1n) is 4.89. The van der Waals surface area contributed by atoms with Crippen LogP contribution in [0.3, 0.4) is 0 Å². The molecule has 2 N–H and O–H groups in total. The molecule has 1 aliphatic carbocycles. The predicted molar refractivity (Wildman–Crippen MR) is 57.7 cm³/mol. The quantitative estimate of drug-likeness (QED) is 0.847. The average Bonchev–Trinajstić information content (AvgIpc) is 2.13. The number of hydrogen-bond donors (Lipinski definition) is 1. The monoisotopic (exact) mass is 229 g/mol. The summed E-state index contributed by atoms with van der Waals surface area (Å²) in [5.41, 5.74) is 6.46. The van der Waals surface area contributed by atoms with Crippen molar-refractivity contribution in [3.8, 4) is 5.75 Å². The Labute approximate surface area is 93.2 Å². The molecule has 0 saturated heterocycles. The summed E-state index contributed by atoms with van der Waals surface area (Å²) in [4.78, 5) is 0. The van der Waals surface area contributed by atoms with Crippen LogP contribution in [-0.4, -0.2) is 7.11 Å².